The number of nitrogen functional groups attached to an aromatic ring is 1. The number of aliphatic hydroxyl groups is 1. The first kappa shape index (κ1) is 19.4. The van der Waals surface area contributed by atoms with Crippen molar-refractivity contribution in [1.82, 2.24) is 19.5 Å². The van der Waals surface area contributed by atoms with Crippen LogP contribution in [0.3, 0.4) is 0 Å². The zero-order chi connectivity index (χ0) is 18.8. The number of anilines is 1. The van der Waals surface area contributed by atoms with Crippen LogP contribution in [0.15, 0.2) is 11.1 Å². The molecule has 0 saturated carbocycles. The maximum Gasteiger partial charge on any atom is 0.469 e. The maximum atomic E-state index is 13.5. The zero-order valence-corrected chi connectivity index (χ0v) is 13.8. The second-order valence-electron chi connectivity index (χ2n) is 5.09. The molecule has 1 unspecified atom stereocenters. The van der Waals surface area contributed by atoms with E-state index in [1.165, 1.54) is 6.92 Å². The zero-order valence-electron chi connectivity index (χ0n) is 12.9. The molecule has 0 radical (unpaired) electrons. The summed E-state index contributed by atoms with van der Waals surface area (Å²) in [5.74, 6) is -0.214. The standard InChI is InChI=1S/C11H17FN5O7P/c1-5(18)6(3-23-25(20,21)22)24-7(2-12)17-4-14-8-9(17)15-11(13)16-10(8)19/h4-7,18H,2-3H2,1H3,(H2,20,21,22)(H3,13,15,16,19)/t5-,6?,7+/m0/s1. The Morgan fingerprint density at radius 1 is 1.52 bits per heavy atom. The molecule has 25 heavy (non-hydrogen) atoms. The van der Waals surface area contributed by atoms with E-state index in [2.05, 4.69) is 19.5 Å². The van der Waals surface area contributed by atoms with Crippen LogP contribution >= 0.6 is 7.82 Å². The Morgan fingerprint density at radius 2 is 2.20 bits per heavy atom. The highest BCUT2D eigenvalue weighted by Crippen LogP contribution is 2.36. The predicted octanol–water partition coefficient (Wildman–Crippen LogP) is -0.955. The van der Waals surface area contributed by atoms with E-state index in [0.29, 0.717) is 0 Å². The fourth-order valence-corrected chi connectivity index (χ4v) is 2.34. The third kappa shape index (κ3) is 4.81. The van der Waals surface area contributed by atoms with Gasteiger partial charge >= 0.3 is 7.82 Å². The van der Waals surface area contributed by atoms with Gasteiger partial charge in [-0.1, -0.05) is 0 Å². The molecule has 0 fully saturated rings. The van der Waals surface area contributed by atoms with Crippen LogP contribution in [-0.4, -0.2) is 59.9 Å². The van der Waals surface area contributed by atoms with Crippen molar-refractivity contribution in [3.63, 3.8) is 0 Å². The van der Waals surface area contributed by atoms with Crippen molar-refractivity contribution >= 4 is 24.9 Å². The van der Waals surface area contributed by atoms with Crippen molar-refractivity contribution in [2.45, 2.75) is 25.4 Å². The van der Waals surface area contributed by atoms with Gasteiger partial charge in [0.05, 0.1) is 19.0 Å². The molecule has 0 aliphatic rings. The number of H-pyrrole nitrogens is 1. The molecule has 0 aromatic carbocycles. The van der Waals surface area contributed by atoms with E-state index in [4.69, 9.17) is 20.3 Å². The van der Waals surface area contributed by atoms with Gasteiger partial charge < -0.3 is 25.4 Å². The van der Waals surface area contributed by atoms with E-state index in [1.807, 2.05) is 0 Å². The molecule has 0 aliphatic carbocycles. The Hall–Kier alpha value is -1.89. The van der Waals surface area contributed by atoms with Crippen LogP contribution < -0.4 is 11.3 Å². The summed E-state index contributed by atoms with van der Waals surface area (Å²) in [5, 5.41) is 9.66. The molecule has 2 heterocycles. The van der Waals surface area contributed by atoms with Gasteiger partial charge in [0.1, 0.15) is 12.8 Å². The summed E-state index contributed by atoms with van der Waals surface area (Å²) in [6.45, 7) is -0.532. The van der Waals surface area contributed by atoms with Crippen LogP contribution in [0.5, 0.6) is 0 Å². The van der Waals surface area contributed by atoms with Crippen LogP contribution in [-0.2, 0) is 13.8 Å². The summed E-state index contributed by atoms with van der Waals surface area (Å²) in [4.78, 5) is 39.1. The number of alkyl halides is 1. The normalized spacial score (nSPS) is 16.0. The number of hydrogen-bond donors (Lipinski definition) is 5. The number of rotatable bonds is 8. The SMILES string of the molecule is C[C@H](O)C(COP(=O)(O)O)O[C@H](CF)n1cnc2c(=O)[nH]c(N)nc21. The molecule has 0 spiro atoms. The summed E-state index contributed by atoms with van der Waals surface area (Å²) in [6.07, 6.45) is -2.81. The second kappa shape index (κ2) is 7.56. The maximum absolute atomic E-state index is 13.5. The first-order valence-corrected chi connectivity index (χ1v) is 8.47. The number of phosphoric ester groups is 1. The fraction of sp³-hybridized carbons (Fsp3) is 0.545. The lowest BCUT2D eigenvalue weighted by atomic mass is 10.2. The summed E-state index contributed by atoms with van der Waals surface area (Å²) in [7, 11) is -4.80. The first-order chi connectivity index (χ1) is 11.6. The number of aliphatic hydroxyl groups excluding tert-OH is 1. The molecular weight excluding hydrogens is 364 g/mol. The quantitative estimate of drug-likeness (QED) is 0.357. The molecule has 2 aromatic rings. The number of nitrogens with zero attached hydrogens (tertiary/aromatic N) is 3. The lowest BCUT2D eigenvalue weighted by Crippen LogP contribution is -2.34. The summed E-state index contributed by atoms with van der Waals surface area (Å²) >= 11 is 0. The summed E-state index contributed by atoms with van der Waals surface area (Å²) in [6, 6.07) is 0. The van der Waals surface area contributed by atoms with Crippen LogP contribution in [0.2, 0.25) is 0 Å². The predicted molar refractivity (Wildman–Crippen MR) is 82.1 cm³/mol. The average Bonchev–Trinajstić information content (AvgIpc) is 2.90. The number of nitrogens with two attached hydrogens (primary N) is 1. The minimum absolute atomic E-state index is 0.0517. The van der Waals surface area contributed by atoms with Crippen LogP contribution in [0, 0.1) is 0 Å². The Kier molecular flexibility index (Phi) is 5.87. The fourth-order valence-electron chi connectivity index (χ4n) is 1.99. The monoisotopic (exact) mass is 381 g/mol. The van der Waals surface area contributed by atoms with E-state index in [9.17, 15) is 18.9 Å². The van der Waals surface area contributed by atoms with Crippen LogP contribution in [0.25, 0.3) is 11.2 Å². The number of aromatic nitrogens is 4. The van der Waals surface area contributed by atoms with Gasteiger partial charge in [-0.3, -0.25) is 18.9 Å². The van der Waals surface area contributed by atoms with Crippen molar-refractivity contribution in [3.05, 3.63) is 16.7 Å². The second-order valence-corrected chi connectivity index (χ2v) is 6.33. The van der Waals surface area contributed by atoms with Gasteiger partial charge in [0, 0.05) is 0 Å². The van der Waals surface area contributed by atoms with E-state index >= 15 is 0 Å². The van der Waals surface area contributed by atoms with Crippen molar-refractivity contribution in [3.8, 4) is 0 Å². The highest BCUT2D eigenvalue weighted by atomic mass is 31.2. The summed E-state index contributed by atoms with van der Waals surface area (Å²) < 4.78 is 34.9. The number of imidazole rings is 1. The number of ether oxygens (including phenoxy) is 1. The molecule has 2 aromatic heterocycles. The molecular formula is C11H17FN5O7P. The van der Waals surface area contributed by atoms with Gasteiger partial charge in [-0.05, 0) is 6.92 Å². The lowest BCUT2D eigenvalue weighted by Gasteiger charge is -2.26. The molecule has 0 saturated heterocycles. The average molecular weight is 381 g/mol. The van der Waals surface area contributed by atoms with Gasteiger partial charge in [-0.25, -0.2) is 13.9 Å². The van der Waals surface area contributed by atoms with Gasteiger partial charge in [0.2, 0.25) is 5.95 Å². The molecule has 12 nitrogen and oxygen atoms in total. The van der Waals surface area contributed by atoms with E-state index < -0.39 is 45.1 Å². The van der Waals surface area contributed by atoms with E-state index in [-0.39, 0.29) is 17.1 Å². The van der Waals surface area contributed by atoms with Crippen molar-refractivity contribution in [1.29, 1.82) is 0 Å². The number of halogens is 1. The molecule has 140 valence electrons. The van der Waals surface area contributed by atoms with Crippen molar-refractivity contribution < 1.29 is 33.1 Å². The first-order valence-electron chi connectivity index (χ1n) is 6.94. The largest absolute Gasteiger partial charge is 0.469 e. The topological polar surface area (TPSA) is 186 Å². The third-order valence-corrected chi connectivity index (χ3v) is 3.66. The Morgan fingerprint density at radius 3 is 2.76 bits per heavy atom. The molecule has 0 amide bonds. The van der Waals surface area contributed by atoms with Gasteiger partial charge in [0.25, 0.3) is 5.56 Å². The minimum atomic E-state index is -4.80. The number of nitrogens with one attached hydrogen (secondary N) is 1. The highest BCUT2D eigenvalue weighted by molar-refractivity contribution is 7.46. The third-order valence-electron chi connectivity index (χ3n) is 3.17. The van der Waals surface area contributed by atoms with Gasteiger partial charge in [0.15, 0.2) is 17.4 Å². The minimum Gasteiger partial charge on any atom is -0.391 e. The number of hydrogen-bond acceptors (Lipinski definition) is 8. The molecule has 0 bridgehead atoms. The van der Waals surface area contributed by atoms with Crippen LogP contribution in [0.1, 0.15) is 13.2 Å². The van der Waals surface area contributed by atoms with Gasteiger partial charge in [-0.2, -0.15) is 4.98 Å². The smallest absolute Gasteiger partial charge is 0.391 e. The molecule has 2 rings (SSSR count). The van der Waals surface area contributed by atoms with Crippen molar-refractivity contribution in [2.24, 2.45) is 0 Å². The van der Waals surface area contributed by atoms with Crippen LogP contribution in [0.4, 0.5) is 10.3 Å². The Balaban J connectivity index is 2.29. The summed E-state index contributed by atoms with van der Waals surface area (Å²) in [5.41, 5.74) is 4.67. The number of fused-ring (bicyclic) bond motifs is 1. The molecule has 0 aliphatic heterocycles. The Bertz CT molecular complexity index is 834. The van der Waals surface area contributed by atoms with E-state index in [1.54, 1.807) is 0 Å². The highest BCUT2D eigenvalue weighted by Gasteiger charge is 2.27. The molecule has 3 atom stereocenters. The Labute approximate surface area is 139 Å². The molecule has 6 N–H and O–H groups in total. The van der Waals surface area contributed by atoms with Crippen molar-refractivity contribution in [2.75, 3.05) is 19.0 Å². The molecule has 14 heteroatoms. The number of aromatic amines is 1. The lowest BCUT2D eigenvalue weighted by molar-refractivity contribution is -0.122. The number of phosphoric acid groups is 1. The van der Waals surface area contributed by atoms with Gasteiger partial charge in [-0.15, -0.1) is 0 Å². The van der Waals surface area contributed by atoms with E-state index in [0.717, 1.165) is 10.9 Å².